The molecule has 0 aliphatic carbocycles. The maximum Gasteiger partial charge on any atom is 0.152 e. The Labute approximate surface area is 108 Å². The van der Waals surface area contributed by atoms with E-state index in [2.05, 4.69) is 23.1 Å². The zero-order chi connectivity index (χ0) is 13.0. The Morgan fingerprint density at radius 2 is 2.17 bits per heavy atom. The van der Waals surface area contributed by atoms with Crippen molar-refractivity contribution in [1.82, 2.24) is 9.38 Å². The van der Waals surface area contributed by atoms with Gasteiger partial charge in [0, 0.05) is 25.8 Å². The van der Waals surface area contributed by atoms with Crippen LogP contribution in [0.3, 0.4) is 0 Å². The van der Waals surface area contributed by atoms with Crippen molar-refractivity contribution in [2.45, 2.75) is 33.2 Å². The average Bonchev–Trinajstić information content (AvgIpc) is 2.78. The topological polar surface area (TPSA) is 46.6 Å². The molecule has 0 aliphatic rings. The van der Waals surface area contributed by atoms with Crippen LogP contribution >= 0.6 is 0 Å². The highest BCUT2D eigenvalue weighted by molar-refractivity contribution is 5.55. The Balaban J connectivity index is 2.41. The SMILES string of the molecule is CCCCN(CC)c1nc2ccccn2c1CN. The zero-order valence-corrected chi connectivity index (χ0v) is 11.3. The minimum absolute atomic E-state index is 0.517. The Morgan fingerprint density at radius 3 is 2.83 bits per heavy atom. The third kappa shape index (κ3) is 2.34. The van der Waals surface area contributed by atoms with Crippen LogP contribution in [0, 0.1) is 0 Å². The summed E-state index contributed by atoms with van der Waals surface area (Å²) < 4.78 is 2.09. The van der Waals surface area contributed by atoms with Crippen LogP contribution in [0.1, 0.15) is 32.4 Å². The maximum atomic E-state index is 5.89. The minimum Gasteiger partial charge on any atom is -0.355 e. The zero-order valence-electron chi connectivity index (χ0n) is 11.3. The number of nitrogens with two attached hydrogens (primary N) is 1. The number of fused-ring (bicyclic) bond motifs is 1. The van der Waals surface area contributed by atoms with Crippen molar-refractivity contribution < 1.29 is 0 Å². The maximum absolute atomic E-state index is 5.89. The molecule has 0 radical (unpaired) electrons. The second-order valence-electron chi connectivity index (χ2n) is 4.45. The molecule has 2 N–H and O–H groups in total. The van der Waals surface area contributed by atoms with E-state index in [1.54, 1.807) is 0 Å². The molecule has 0 amide bonds. The molecule has 0 saturated carbocycles. The van der Waals surface area contributed by atoms with Crippen molar-refractivity contribution >= 4 is 11.5 Å². The van der Waals surface area contributed by atoms with Gasteiger partial charge in [0.1, 0.15) is 5.65 Å². The van der Waals surface area contributed by atoms with Gasteiger partial charge in [-0.05, 0) is 25.5 Å². The molecule has 0 fully saturated rings. The monoisotopic (exact) mass is 246 g/mol. The van der Waals surface area contributed by atoms with Crippen molar-refractivity contribution in [2.75, 3.05) is 18.0 Å². The Bertz CT molecular complexity index is 503. The van der Waals surface area contributed by atoms with Crippen LogP contribution in [0.2, 0.25) is 0 Å². The molecule has 2 heterocycles. The van der Waals surface area contributed by atoms with Crippen molar-refractivity contribution in [1.29, 1.82) is 0 Å². The van der Waals surface area contributed by atoms with Crippen LogP contribution in [-0.4, -0.2) is 22.5 Å². The predicted molar refractivity (Wildman–Crippen MR) is 75.9 cm³/mol. The van der Waals surface area contributed by atoms with Crippen molar-refractivity contribution in [2.24, 2.45) is 5.73 Å². The van der Waals surface area contributed by atoms with Crippen LogP contribution in [0.15, 0.2) is 24.4 Å². The number of nitrogens with zero attached hydrogens (tertiary/aromatic N) is 3. The summed E-state index contributed by atoms with van der Waals surface area (Å²) in [5.74, 6) is 1.04. The number of imidazole rings is 1. The van der Waals surface area contributed by atoms with Crippen molar-refractivity contribution in [3.8, 4) is 0 Å². The van der Waals surface area contributed by atoms with Gasteiger partial charge in [0.15, 0.2) is 5.82 Å². The average molecular weight is 246 g/mol. The second-order valence-corrected chi connectivity index (χ2v) is 4.45. The summed E-state index contributed by atoms with van der Waals surface area (Å²) in [6.07, 6.45) is 4.41. The first-order chi connectivity index (χ1) is 8.81. The lowest BCUT2D eigenvalue weighted by Gasteiger charge is -2.21. The van der Waals surface area contributed by atoms with Gasteiger partial charge in [-0.3, -0.25) is 0 Å². The van der Waals surface area contributed by atoms with Gasteiger partial charge in [-0.1, -0.05) is 19.4 Å². The quantitative estimate of drug-likeness (QED) is 0.851. The van der Waals surface area contributed by atoms with Gasteiger partial charge in [-0.25, -0.2) is 4.98 Å². The van der Waals surface area contributed by atoms with Crippen LogP contribution in [-0.2, 0) is 6.54 Å². The number of anilines is 1. The Kier molecular flexibility index (Phi) is 4.20. The number of unbranched alkanes of at least 4 members (excludes halogenated alkanes) is 1. The molecule has 98 valence electrons. The van der Waals surface area contributed by atoms with Gasteiger partial charge in [0.2, 0.25) is 0 Å². The van der Waals surface area contributed by atoms with E-state index in [1.807, 2.05) is 24.4 Å². The van der Waals surface area contributed by atoms with E-state index in [0.29, 0.717) is 6.54 Å². The van der Waals surface area contributed by atoms with Crippen LogP contribution in [0.25, 0.3) is 5.65 Å². The van der Waals surface area contributed by atoms with Crippen molar-refractivity contribution in [3.63, 3.8) is 0 Å². The first-order valence-corrected chi connectivity index (χ1v) is 6.72. The lowest BCUT2D eigenvalue weighted by molar-refractivity contribution is 0.721. The number of rotatable bonds is 6. The molecule has 0 aromatic carbocycles. The largest absolute Gasteiger partial charge is 0.355 e. The third-order valence-corrected chi connectivity index (χ3v) is 3.26. The lowest BCUT2D eigenvalue weighted by atomic mass is 10.3. The van der Waals surface area contributed by atoms with Gasteiger partial charge >= 0.3 is 0 Å². The van der Waals surface area contributed by atoms with Gasteiger partial charge in [0.25, 0.3) is 0 Å². The predicted octanol–water partition coefficient (Wildman–Crippen LogP) is 2.42. The van der Waals surface area contributed by atoms with E-state index in [0.717, 1.165) is 30.2 Å². The van der Waals surface area contributed by atoms with Gasteiger partial charge in [0.05, 0.1) is 5.69 Å². The fraction of sp³-hybridized carbons (Fsp3) is 0.500. The molecule has 0 spiro atoms. The summed E-state index contributed by atoms with van der Waals surface area (Å²) in [5, 5.41) is 0. The molecule has 2 rings (SSSR count). The van der Waals surface area contributed by atoms with E-state index in [1.165, 1.54) is 12.8 Å². The van der Waals surface area contributed by atoms with Gasteiger partial charge < -0.3 is 15.0 Å². The summed E-state index contributed by atoms with van der Waals surface area (Å²) in [6.45, 7) is 6.91. The standard InChI is InChI=1S/C14H22N4/c1-3-5-9-17(4-2)14-12(11-15)18-10-7-6-8-13(18)16-14/h6-8,10H,3-5,9,11,15H2,1-2H3. The lowest BCUT2D eigenvalue weighted by Crippen LogP contribution is -2.25. The summed E-state index contributed by atoms with van der Waals surface area (Å²) in [4.78, 5) is 7.03. The Morgan fingerprint density at radius 1 is 1.33 bits per heavy atom. The summed E-state index contributed by atoms with van der Waals surface area (Å²) in [5.41, 5.74) is 7.97. The molecule has 2 aromatic heterocycles. The highest BCUT2D eigenvalue weighted by Gasteiger charge is 2.15. The van der Waals surface area contributed by atoms with E-state index < -0.39 is 0 Å². The fourth-order valence-electron chi connectivity index (χ4n) is 2.24. The molecule has 0 aliphatic heterocycles. The van der Waals surface area contributed by atoms with Crippen LogP contribution < -0.4 is 10.6 Å². The Hall–Kier alpha value is -1.55. The van der Waals surface area contributed by atoms with E-state index in [9.17, 15) is 0 Å². The van der Waals surface area contributed by atoms with Crippen molar-refractivity contribution in [3.05, 3.63) is 30.1 Å². The minimum atomic E-state index is 0.517. The molecule has 18 heavy (non-hydrogen) atoms. The second kappa shape index (κ2) is 5.87. The number of hydrogen-bond acceptors (Lipinski definition) is 3. The van der Waals surface area contributed by atoms with E-state index >= 15 is 0 Å². The van der Waals surface area contributed by atoms with Crippen LogP contribution in [0.5, 0.6) is 0 Å². The molecule has 4 nitrogen and oxygen atoms in total. The molecule has 0 atom stereocenters. The summed E-state index contributed by atoms with van der Waals surface area (Å²) in [7, 11) is 0. The highest BCUT2D eigenvalue weighted by atomic mass is 15.2. The van der Waals surface area contributed by atoms with E-state index in [-0.39, 0.29) is 0 Å². The number of aromatic nitrogens is 2. The molecule has 4 heteroatoms. The van der Waals surface area contributed by atoms with E-state index in [4.69, 9.17) is 10.7 Å². The molecular formula is C14H22N4. The first kappa shape index (κ1) is 12.9. The highest BCUT2D eigenvalue weighted by Crippen LogP contribution is 2.21. The molecule has 0 saturated heterocycles. The van der Waals surface area contributed by atoms with Crippen LogP contribution in [0.4, 0.5) is 5.82 Å². The molecule has 0 bridgehead atoms. The molecule has 2 aromatic rings. The smallest absolute Gasteiger partial charge is 0.152 e. The molecule has 0 unspecified atom stereocenters. The number of hydrogen-bond donors (Lipinski definition) is 1. The molecular weight excluding hydrogens is 224 g/mol. The summed E-state index contributed by atoms with van der Waals surface area (Å²) >= 11 is 0. The van der Waals surface area contributed by atoms with Gasteiger partial charge in [-0.2, -0.15) is 0 Å². The number of pyridine rings is 1. The fourth-order valence-corrected chi connectivity index (χ4v) is 2.24. The normalized spacial score (nSPS) is 11.1. The first-order valence-electron chi connectivity index (χ1n) is 6.72. The third-order valence-electron chi connectivity index (χ3n) is 3.26. The summed E-state index contributed by atoms with van der Waals surface area (Å²) in [6, 6.07) is 6.05. The van der Waals surface area contributed by atoms with Gasteiger partial charge in [-0.15, -0.1) is 0 Å².